The van der Waals surface area contributed by atoms with E-state index >= 15 is 0 Å². The van der Waals surface area contributed by atoms with E-state index in [2.05, 4.69) is 0 Å². The molecule has 1 amide bonds. The average molecular weight is 303 g/mol. The van der Waals surface area contributed by atoms with E-state index in [0.29, 0.717) is 13.1 Å². The maximum atomic E-state index is 12.5. The van der Waals surface area contributed by atoms with Crippen LogP contribution >= 0.6 is 11.6 Å². The van der Waals surface area contributed by atoms with Gasteiger partial charge >= 0.3 is 0 Å². The first kappa shape index (κ1) is 13.6. The van der Waals surface area contributed by atoms with Crippen LogP contribution in [0, 0.1) is 10.1 Å². The van der Waals surface area contributed by atoms with E-state index in [-0.39, 0.29) is 22.2 Å². The molecule has 21 heavy (non-hydrogen) atoms. The zero-order valence-corrected chi connectivity index (χ0v) is 11.7. The summed E-state index contributed by atoms with van der Waals surface area (Å²) < 4.78 is 0. The summed E-state index contributed by atoms with van der Waals surface area (Å²) in [5, 5.41) is 10.8. The Balaban J connectivity index is 1.86. The Morgan fingerprint density at radius 1 is 1.14 bits per heavy atom. The first-order valence-corrected chi connectivity index (χ1v) is 6.74. The van der Waals surface area contributed by atoms with Gasteiger partial charge in [0.1, 0.15) is 0 Å². The van der Waals surface area contributed by atoms with Crippen molar-refractivity contribution in [2.24, 2.45) is 0 Å². The third-order valence-corrected chi connectivity index (χ3v) is 3.83. The molecule has 0 unspecified atom stereocenters. The van der Waals surface area contributed by atoms with Crippen LogP contribution in [0.1, 0.15) is 21.5 Å². The Hall–Kier alpha value is -2.40. The number of carbonyl (C=O) groups is 1. The lowest BCUT2D eigenvalue weighted by molar-refractivity contribution is -0.384. The minimum Gasteiger partial charge on any atom is -0.330 e. The van der Waals surface area contributed by atoms with Gasteiger partial charge in [0.2, 0.25) is 0 Å². The highest BCUT2D eigenvalue weighted by Crippen LogP contribution is 2.28. The number of carbonyl (C=O) groups excluding carboxylic acids is 1. The molecule has 0 fully saturated rings. The highest BCUT2D eigenvalue weighted by Gasteiger charge is 2.25. The summed E-state index contributed by atoms with van der Waals surface area (Å²) in [5.74, 6) is -0.217. The first-order valence-electron chi connectivity index (χ1n) is 6.36. The second kappa shape index (κ2) is 5.18. The van der Waals surface area contributed by atoms with Gasteiger partial charge in [-0.1, -0.05) is 35.9 Å². The van der Waals surface area contributed by atoms with Crippen LogP contribution in [0.3, 0.4) is 0 Å². The third kappa shape index (κ3) is 2.48. The normalized spacial score (nSPS) is 13.1. The molecule has 1 heterocycles. The predicted octanol–water partition coefficient (Wildman–Crippen LogP) is 3.40. The molecular weight excluding hydrogens is 292 g/mol. The Morgan fingerprint density at radius 2 is 1.76 bits per heavy atom. The summed E-state index contributed by atoms with van der Waals surface area (Å²) in [4.78, 5) is 24.3. The number of non-ortho nitro benzene ring substituents is 1. The van der Waals surface area contributed by atoms with E-state index in [1.165, 1.54) is 18.2 Å². The minimum atomic E-state index is -0.536. The second-order valence-electron chi connectivity index (χ2n) is 4.85. The number of nitrogens with zero attached hydrogens (tertiary/aromatic N) is 2. The topological polar surface area (TPSA) is 63.4 Å². The van der Waals surface area contributed by atoms with E-state index in [4.69, 9.17) is 11.6 Å². The molecule has 0 bridgehead atoms. The first-order chi connectivity index (χ1) is 10.1. The van der Waals surface area contributed by atoms with E-state index in [1.54, 1.807) is 4.90 Å². The lowest BCUT2D eigenvalue weighted by atomic mass is 10.1. The van der Waals surface area contributed by atoms with Crippen LogP contribution in [0.25, 0.3) is 0 Å². The molecule has 0 spiro atoms. The van der Waals surface area contributed by atoms with Crippen LogP contribution in [0.4, 0.5) is 5.69 Å². The number of hydrogen-bond acceptors (Lipinski definition) is 3. The van der Waals surface area contributed by atoms with Crippen molar-refractivity contribution >= 4 is 23.2 Å². The van der Waals surface area contributed by atoms with Crippen molar-refractivity contribution in [1.29, 1.82) is 0 Å². The number of halogens is 1. The van der Waals surface area contributed by atoms with Crippen molar-refractivity contribution < 1.29 is 9.72 Å². The SMILES string of the molecule is O=C(c1ccc([N+](=O)[O-])cc1Cl)N1Cc2ccccc2C1. The van der Waals surface area contributed by atoms with E-state index in [1.807, 2.05) is 24.3 Å². The maximum absolute atomic E-state index is 12.5. The fourth-order valence-corrected chi connectivity index (χ4v) is 2.69. The lowest BCUT2D eigenvalue weighted by Crippen LogP contribution is -2.25. The number of benzene rings is 2. The zero-order chi connectivity index (χ0) is 15.0. The molecule has 0 saturated carbocycles. The van der Waals surface area contributed by atoms with Crippen LogP contribution < -0.4 is 0 Å². The van der Waals surface area contributed by atoms with Crippen LogP contribution in [0.5, 0.6) is 0 Å². The minimum absolute atomic E-state index is 0.102. The lowest BCUT2D eigenvalue weighted by Gasteiger charge is -2.16. The van der Waals surface area contributed by atoms with Gasteiger partial charge < -0.3 is 4.90 Å². The van der Waals surface area contributed by atoms with Crippen molar-refractivity contribution in [3.8, 4) is 0 Å². The molecule has 3 rings (SSSR count). The highest BCUT2D eigenvalue weighted by atomic mass is 35.5. The van der Waals surface area contributed by atoms with Gasteiger partial charge in [0.15, 0.2) is 0 Å². The number of nitro groups is 1. The average Bonchev–Trinajstić information content (AvgIpc) is 2.90. The summed E-state index contributed by atoms with van der Waals surface area (Å²) in [6.45, 7) is 1.06. The maximum Gasteiger partial charge on any atom is 0.270 e. The Bertz CT molecular complexity index is 720. The number of fused-ring (bicyclic) bond motifs is 1. The van der Waals surface area contributed by atoms with Crippen molar-refractivity contribution in [2.45, 2.75) is 13.1 Å². The van der Waals surface area contributed by atoms with Gasteiger partial charge in [-0.2, -0.15) is 0 Å². The summed E-state index contributed by atoms with van der Waals surface area (Å²) in [6.07, 6.45) is 0. The molecule has 0 aliphatic carbocycles. The van der Waals surface area contributed by atoms with Gasteiger partial charge in [0.25, 0.3) is 11.6 Å². The van der Waals surface area contributed by atoms with E-state index in [9.17, 15) is 14.9 Å². The summed E-state index contributed by atoms with van der Waals surface area (Å²) >= 11 is 6.01. The molecular formula is C15H11ClN2O3. The van der Waals surface area contributed by atoms with Gasteiger partial charge in [-0.25, -0.2) is 0 Å². The Kier molecular flexibility index (Phi) is 3.35. The molecule has 1 aliphatic heterocycles. The van der Waals surface area contributed by atoms with Crippen LogP contribution in [-0.2, 0) is 13.1 Å². The molecule has 0 N–H and O–H groups in total. The second-order valence-corrected chi connectivity index (χ2v) is 5.26. The van der Waals surface area contributed by atoms with Gasteiger partial charge in [-0.15, -0.1) is 0 Å². The molecule has 0 radical (unpaired) electrons. The molecule has 2 aromatic carbocycles. The van der Waals surface area contributed by atoms with Gasteiger partial charge in [-0.3, -0.25) is 14.9 Å². The van der Waals surface area contributed by atoms with Crippen LogP contribution in [0.2, 0.25) is 5.02 Å². The van der Waals surface area contributed by atoms with Crippen molar-refractivity contribution in [1.82, 2.24) is 4.90 Å². The summed E-state index contributed by atoms with van der Waals surface area (Å²) in [5.41, 5.74) is 2.39. The number of nitro benzene ring substituents is 1. The quantitative estimate of drug-likeness (QED) is 0.631. The molecule has 0 saturated heterocycles. The standard InChI is InChI=1S/C15H11ClN2O3/c16-14-7-12(18(20)21)5-6-13(14)15(19)17-8-10-3-1-2-4-11(10)9-17/h1-7H,8-9H2. The van der Waals surface area contributed by atoms with Gasteiger partial charge in [0, 0.05) is 25.2 Å². The van der Waals surface area contributed by atoms with Gasteiger partial charge in [-0.05, 0) is 17.2 Å². The van der Waals surface area contributed by atoms with Crippen molar-refractivity contribution in [3.05, 3.63) is 74.3 Å². The van der Waals surface area contributed by atoms with Crippen LogP contribution in [-0.4, -0.2) is 15.7 Å². The van der Waals surface area contributed by atoms with Crippen LogP contribution in [0.15, 0.2) is 42.5 Å². The fourth-order valence-electron chi connectivity index (χ4n) is 2.44. The largest absolute Gasteiger partial charge is 0.330 e. The molecule has 5 nitrogen and oxygen atoms in total. The van der Waals surface area contributed by atoms with Crippen molar-refractivity contribution in [2.75, 3.05) is 0 Å². The summed E-state index contributed by atoms with van der Waals surface area (Å²) in [7, 11) is 0. The fraction of sp³-hybridized carbons (Fsp3) is 0.133. The van der Waals surface area contributed by atoms with Gasteiger partial charge in [0.05, 0.1) is 15.5 Å². The molecule has 1 aliphatic rings. The highest BCUT2D eigenvalue weighted by molar-refractivity contribution is 6.34. The third-order valence-electron chi connectivity index (χ3n) is 3.52. The number of amides is 1. The summed E-state index contributed by atoms with van der Waals surface area (Å²) in [6, 6.07) is 11.8. The molecule has 6 heteroatoms. The number of rotatable bonds is 2. The molecule has 0 aromatic heterocycles. The van der Waals surface area contributed by atoms with Crippen molar-refractivity contribution in [3.63, 3.8) is 0 Å². The Labute approximate surface area is 125 Å². The molecule has 0 atom stereocenters. The smallest absolute Gasteiger partial charge is 0.270 e. The van der Waals surface area contributed by atoms with E-state index < -0.39 is 4.92 Å². The molecule has 106 valence electrons. The monoisotopic (exact) mass is 302 g/mol. The predicted molar refractivity (Wildman–Crippen MR) is 78.1 cm³/mol. The Morgan fingerprint density at radius 3 is 2.29 bits per heavy atom. The van der Waals surface area contributed by atoms with E-state index in [0.717, 1.165) is 11.1 Å². The number of hydrogen-bond donors (Lipinski definition) is 0. The zero-order valence-electron chi connectivity index (χ0n) is 11.0. The molecule has 2 aromatic rings.